The topological polar surface area (TPSA) is 87.2 Å². The Morgan fingerprint density at radius 2 is 2.03 bits per heavy atom. The lowest BCUT2D eigenvalue weighted by Gasteiger charge is -2.39. The van der Waals surface area contributed by atoms with E-state index in [1.807, 2.05) is 18.2 Å². The predicted molar refractivity (Wildman–Crippen MR) is 117 cm³/mol. The third-order valence-corrected chi connectivity index (χ3v) is 6.12. The molecule has 33 heavy (non-hydrogen) atoms. The molecule has 7 nitrogen and oxygen atoms in total. The van der Waals surface area contributed by atoms with Crippen LogP contribution in [0, 0.1) is 23.0 Å². The van der Waals surface area contributed by atoms with Crippen molar-refractivity contribution in [3.8, 4) is 6.07 Å². The highest BCUT2D eigenvalue weighted by molar-refractivity contribution is 5.51. The molecule has 0 aliphatic carbocycles. The first-order valence-electron chi connectivity index (χ1n) is 10.8. The van der Waals surface area contributed by atoms with Gasteiger partial charge in [0.15, 0.2) is 0 Å². The molecule has 9 heteroatoms. The minimum atomic E-state index is -1.79. The average Bonchev–Trinajstić information content (AvgIpc) is 3.32. The van der Waals surface area contributed by atoms with Crippen LogP contribution >= 0.6 is 0 Å². The molecule has 1 N–H and O–H groups in total. The van der Waals surface area contributed by atoms with Gasteiger partial charge in [0.1, 0.15) is 29.9 Å². The Labute approximate surface area is 190 Å². The lowest BCUT2D eigenvalue weighted by Crippen LogP contribution is -2.47. The molecule has 1 aromatic heterocycles. The Balaban J connectivity index is 1.48. The van der Waals surface area contributed by atoms with E-state index in [2.05, 4.69) is 21.1 Å². The third kappa shape index (κ3) is 5.02. The number of anilines is 1. The number of piperidine rings is 1. The molecule has 1 fully saturated rings. The summed E-state index contributed by atoms with van der Waals surface area (Å²) < 4.78 is 35.8. The van der Waals surface area contributed by atoms with Crippen molar-refractivity contribution in [3.05, 3.63) is 77.9 Å². The zero-order chi connectivity index (χ0) is 23.4. The van der Waals surface area contributed by atoms with Gasteiger partial charge in [0.25, 0.3) is 0 Å². The van der Waals surface area contributed by atoms with Gasteiger partial charge < -0.3 is 14.7 Å². The third-order valence-electron chi connectivity index (χ3n) is 6.12. The highest BCUT2D eigenvalue weighted by Crippen LogP contribution is 2.33. The SMILES string of the molecule is C[C@@H](OC1CCN(c2cccc(C#N)c2)CC1)[C@](O)(Cn1cncn1)c1ccc(F)cc1F. The van der Waals surface area contributed by atoms with E-state index in [9.17, 15) is 13.9 Å². The summed E-state index contributed by atoms with van der Waals surface area (Å²) in [5.41, 5.74) is -0.253. The molecule has 172 valence electrons. The van der Waals surface area contributed by atoms with Crippen molar-refractivity contribution in [3.63, 3.8) is 0 Å². The number of aromatic nitrogens is 3. The lowest BCUT2D eigenvalue weighted by molar-refractivity contribution is -0.145. The average molecular weight is 453 g/mol. The Hall–Kier alpha value is -3.35. The maximum atomic E-state index is 14.7. The summed E-state index contributed by atoms with van der Waals surface area (Å²) in [4.78, 5) is 6.07. The van der Waals surface area contributed by atoms with Crippen molar-refractivity contribution in [2.24, 2.45) is 0 Å². The summed E-state index contributed by atoms with van der Waals surface area (Å²) in [6.45, 7) is 3.02. The molecule has 2 heterocycles. The minimum Gasteiger partial charge on any atom is -0.380 e. The van der Waals surface area contributed by atoms with Crippen molar-refractivity contribution in [1.29, 1.82) is 5.26 Å². The highest BCUT2D eigenvalue weighted by Gasteiger charge is 2.41. The predicted octanol–water partition coefficient (Wildman–Crippen LogP) is 3.39. The summed E-state index contributed by atoms with van der Waals surface area (Å²) in [5, 5.41) is 24.7. The van der Waals surface area contributed by atoms with Gasteiger partial charge in [-0.25, -0.2) is 18.4 Å². The van der Waals surface area contributed by atoms with Gasteiger partial charge in [-0.15, -0.1) is 0 Å². The van der Waals surface area contributed by atoms with E-state index in [-0.39, 0.29) is 18.2 Å². The fourth-order valence-electron chi connectivity index (χ4n) is 4.26. The molecule has 3 aromatic rings. The number of halogens is 2. The first-order chi connectivity index (χ1) is 15.9. The van der Waals surface area contributed by atoms with Gasteiger partial charge in [0, 0.05) is 30.4 Å². The molecule has 1 aliphatic rings. The van der Waals surface area contributed by atoms with Crippen LogP contribution in [-0.4, -0.2) is 45.2 Å². The van der Waals surface area contributed by atoms with E-state index >= 15 is 0 Å². The Kier molecular flexibility index (Phi) is 6.67. The van der Waals surface area contributed by atoms with E-state index in [1.54, 1.807) is 13.0 Å². The standard InChI is InChI=1S/C24H25F2N5O2/c1-17(33-21-7-9-30(10-8-21)20-4-2-3-18(11-20)13-27)24(32,14-31-16-28-15-29-31)22-6-5-19(25)12-23(22)26/h2-6,11-12,15-17,21,32H,7-10,14H2,1H3/t17-,24-/m1/s1. The summed E-state index contributed by atoms with van der Waals surface area (Å²) in [6, 6.07) is 12.7. The van der Waals surface area contributed by atoms with Gasteiger partial charge in [0.05, 0.1) is 30.4 Å². The fourth-order valence-corrected chi connectivity index (χ4v) is 4.26. The molecule has 0 saturated carbocycles. The van der Waals surface area contributed by atoms with Crippen LogP contribution in [-0.2, 0) is 16.9 Å². The van der Waals surface area contributed by atoms with Crippen molar-refractivity contribution >= 4 is 5.69 Å². The second-order valence-electron chi connectivity index (χ2n) is 8.27. The second-order valence-corrected chi connectivity index (χ2v) is 8.27. The quantitative estimate of drug-likeness (QED) is 0.590. The first-order valence-corrected chi connectivity index (χ1v) is 10.8. The van der Waals surface area contributed by atoms with Gasteiger partial charge in [-0.05, 0) is 44.0 Å². The number of hydrogen-bond acceptors (Lipinski definition) is 6. The molecule has 1 aliphatic heterocycles. The molecule has 2 aromatic carbocycles. The van der Waals surface area contributed by atoms with Crippen LogP contribution in [0.5, 0.6) is 0 Å². The maximum Gasteiger partial charge on any atom is 0.138 e. The Morgan fingerprint density at radius 1 is 1.24 bits per heavy atom. The molecule has 1 saturated heterocycles. The van der Waals surface area contributed by atoms with Crippen molar-refractivity contribution < 1.29 is 18.6 Å². The van der Waals surface area contributed by atoms with E-state index in [0.29, 0.717) is 18.4 Å². The van der Waals surface area contributed by atoms with Crippen LogP contribution in [0.4, 0.5) is 14.5 Å². The van der Waals surface area contributed by atoms with Crippen molar-refractivity contribution in [2.75, 3.05) is 18.0 Å². The van der Waals surface area contributed by atoms with E-state index < -0.39 is 23.3 Å². The van der Waals surface area contributed by atoms with Crippen molar-refractivity contribution in [2.45, 2.75) is 44.1 Å². The molecule has 0 amide bonds. The minimum absolute atomic E-state index is 0.0577. The molecule has 0 radical (unpaired) electrons. The van der Waals surface area contributed by atoms with Crippen LogP contribution in [0.15, 0.2) is 55.1 Å². The molecule has 0 unspecified atom stereocenters. The van der Waals surface area contributed by atoms with Gasteiger partial charge >= 0.3 is 0 Å². The Morgan fingerprint density at radius 3 is 2.70 bits per heavy atom. The highest BCUT2D eigenvalue weighted by atomic mass is 19.1. The molecular weight excluding hydrogens is 428 g/mol. The largest absolute Gasteiger partial charge is 0.380 e. The molecular formula is C24H25F2N5O2. The molecule has 2 atom stereocenters. The van der Waals surface area contributed by atoms with Gasteiger partial charge in [-0.1, -0.05) is 12.1 Å². The van der Waals surface area contributed by atoms with E-state index in [1.165, 1.54) is 23.4 Å². The van der Waals surface area contributed by atoms with E-state index in [0.717, 1.165) is 30.9 Å². The smallest absolute Gasteiger partial charge is 0.138 e. The number of benzene rings is 2. The summed E-state index contributed by atoms with van der Waals surface area (Å²) in [5.74, 6) is -1.57. The normalized spacial score (nSPS) is 17.4. The van der Waals surface area contributed by atoms with Gasteiger partial charge in [-0.3, -0.25) is 0 Å². The number of rotatable bonds is 7. The van der Waals surface area contributed by atoms with Crippen LogP contribution < -0.4 is 4.90 Å². The summed E-state index contributed by atoms with van der Waals surface area (Å²) in [6.07, 6.45) is 3.19. The zero-order valence-corrected chi connectivity index (χ0v) is 18.2. The maximum absolute atomic E-state index is 14.7. The van der Waals surface area contributed by atoms with Gasteiger partial charge in [-0.2, -0.15) is 10.4 Å². The van der Waals surface area contributed by atoms with Crippen LogP contribution in [0.2, 0.25) is 0 Å². The van der Waals surface area contributed by atoms with E-state index in [4.69, 9.17) is 10.00 Å². The fraction of sp³-hybridized carbons (Fsp3) is 0.375. The second kappa shape index (κ2) is 9.65. The number of hydrogen-bond donors (Lipinski definition) is 1. The molecule has 4 rings (SSSR count). The van der Waals surface area contributed by atoms with Crippen LogP contribution in [0.25, 0.3) is 0 Å². The lowest BCUT2D eigenvalue weighted by atomic mass is 9.87. The number of nitriles is 1. The van der Waals surface area contributed by atoms with Crippen LogP contribution in [0.3, 0.4) is 0 Å². The monoisotopic (exact) mass is 453 g/mol. The number of aliphatic hydroxyl groups is 1. The first kappa shape index (κ1) is 22.8. The molecule has 0 bridgehead atoms. The molecule has 0 spiro atoms. The number of ether oxygens (including phenoxy) is 1. The van der Waals surface area contributed by atoms with Crippen LogP contribution in [0.1, 0.15) is 30.9 Å². The number of nitrogens with zero attached hydrogens (tertiary/aromatic N) is 5. The summed E-state index contributed by atoms with van der Waals surface area (Å²) in [7, 11) is 0. The Bertz CT molecular complexity index is 1130. The van der Waals surface area contributed by atoms with Crippen molar-refractivity contribution in [1.82, 2.24) is 14.8 Å². The zero-order valence-electron chi connectivity index (χ0n) is 18.2. The summed E-state index contributed by atoms with van der Waals surface area (Å²) >= 11 is 0. The van der Waals surface area contributed by atoms with Gasteiger partial charge in [0.2, 0.25) is 0 Å².